The molecule has 6 nitrogen and oxygen atoms in total. The van der Waals surface area contributed by atoms with Gasteiger partial charge in [-0.25, -0.2) is 4.98 Å². The Hall–Kier alpha value is -3.80. The second kappa shape index (κ2) is 10.00. The van der Waals surface area contributed by atoms with E-state index in [4.69, 9.17) is 14.5 Å². The monoisotopic (exact) mass is 455 g/mol. The highest BCUT2D eigenvalue weighted by Gasteiger charge is 2.34. The van der Waals surface area contributed by atoms with E-state index < -0.39 is 0 Å². The van der Waals surface area contributed by atoms with Crippen LogP contribution in [0.1, 0.15) is 31.5 Å². The molecule has 1 fully saturated rings. The number of hydrogen-bond donors (Lipinski definition) is 0. The molecule has 1 atom stereocenters. The lowest BCUT2D eigenvalue weighted by atomic mass is 10.1. The molecule has 1 saturated heterocycles. The van der Waals surface area contributed by atoms with Gasteiger partial charge in [0.05, 0.1) is 24.2 Å². The molecule has 0 unspecified atom stereocenters. The molecule has 1 aromatic heterocycles. The fraction of sp³-hybridized carbons (Fsp3) is 0.286. The molecule has 6 heteroatoms. The lowest BCUT2D eigenvalue weighted by Gasteiger charge is -2.18. The van der Waals surface area contributed by atoms with E-state index in [0.717, 1.165) is 47.0 Å². The van der Waals surface area contributed by atoms with Crippen molar-refractivity contribution in [2.24, 2.45) is 0 Å². The lowest BCUT2D eigenvalue weighted by molar-refractivity contribution is -0.117. The second-order valence-corrected chi connectivity index (χ2v) is 8.46. The van der Waals surface area contributed by atoms with Crippen LogP contribution in [0.25, 0.3) is 11.0 Å². The van der Waals surface area contributed by atoms with Crippen molar-refractivity contribution in [2.45, 2.75) is 32.2 Å². The summed E-state index contributed by atoms with van der Waals surface area (Å²) in [6.45, 7) is 4.62. The number of amides is 1. The van der Waals surface area contributed by atoms with E-state index in [1.807, 2.05) is 84.6 Å². The SMILES string of the molecule is CCOc1ccc(N2C[C@H](c3nc4ccccc4n3CCCOc3ccccc3)CC2=O)cc1. The number of fused-ring (bicyclic) bond motifs is 1. The molecule has 2 heterocycles. The summed E-state index contributed by atoms with van der Waals surface area (Å²) in [5, 5.41) is 0. The number of hydrogen-bond acceptors (Lipinski definition) is 4. The van der Waals surface area contributed by atoms with Gasteiger partial charge in [-0.3, -0.25) is 4.79 Å². The molecule has 174 valence electrons. The van der Waals surface area contributed by atoms with Crippen LogP contribution in [0.5, 0.6) is 11.5 Å². The predicted molar refractivity (Wildman–Crippen MR) is 134 cm³/mol. The third kappa shape index (κ3) is 4.62. The molecule has 0 saturated carbocycles. The van der Waals surface area contributed by atoms with E-state index in [9.17, 15) is 4.79 Å². The Balaban J connectivity index is 1.33. The van der Waals surface area contributed by atoms with E-state index >= 15 is 0 Å². The Morgan fingerprint density at radius 2 is 1.65 bits per heavy atom. The largest absolute Gasteiger partial charge is 0.494 e. The van der Waals surface area contributed by atoms with Crippen molar-refractivity contribution in [3.63, 3.8) is 0 Å². The maximum Gasteiger partial charge on any atom is 0.227 e. The number of carbonyl (C=O) groups excluding carboxylic acids is 1. The van der Waals surface area contributed by atoms with Crippen LogP contribution in [0, 0.1) is 0 Å². The van der Waals surface area contributed by atoms with E-state index in [-0.39, 0.29) is 11.8 Å². The van der Waals surface area contributed by atoms with E-state index in [1.165, 1.54) is 0 Å². The third-order valence-corrected chi connectivity index (χ3v) is 6.17. The molecule has 0 radical (unpaired) electrons. The Morgan fingerprint density at radius 3 is 2.44 bits per heavy atom. The third-order valence-electron chi connectivity index (χ3n) is 6.17. The van der Waals surface area contributed by atoms with Gasteiger partial charge >= 0.3 is 0 Å². The first kappa shape index (κ1) is 22.0. The van der Waals surface area contributed by atoms with Gasteiger partial charge in [0.15, 0.2) is 0 Å². The topological polar surface area (TPSA) is 56.6 Å². The summed E-state index contributed by atoms with van der Waals surface area (Å²) in [5.74, 6) is 2.84. The Labute approximate surface area is 199 Å². The quantitative estimate of drug-likeness (QED) is 0.316. The molecule has 0 spiro atoms. The maximum absolute atomic E-state index is 13.0. The van der Waals surface area contributed by atoms with Gasteiger partial charge in [-0.05, 0) is 61.9 Å². The first-order valence-corrected chi connectivity index (χ1v) is 11.9. The molecular weight excluding hydrogens is 426 g/mol. The molecule has 5 rings (SSSR count). The number of benzene rings is 3. The highest BCUT2D eigenvalue weighted by molar-refractivity contribution is 5.96. The van der Waals surface area contributed by atoms with Gasteiger partial charge < -0.3 is 18.9 Å². The Morgan fingerprint density at radius 1 is 0.912 bits per heavy atom. The molecular formula is C28H29N3O3. The number of carbonyl (C=O) groups is 1. The molecule has 0 bridgehead atoms. The van der Waals surface area contributed by atoms with Crippen molar-refractivity contribution in [1.82, 2.24) is 9.55 Å². The standard InChI is InChI=1S/C28H29N3O3/c1-2-33-24-15-13-22(14-16-24)31-20-21(19-27(31)32)28-29-25-11-6-7-12-26(25)30(28)17-8-18-34-23-9-4-3-5-10-23/h3-7,9-16,21H,2,8,17-20H2,1H3/t21-/m1/s1. The van der Waals surface area contributed by atoms with Gasteiger partial charge in [0.1, 0.15) is 17.3 Å². The molecule has 0 N–H and O–H groups in total. The van der Waals surface area contributed by atoms with Crippen molar-refractivity contribution in [3.8, 4) is 11.5 Å². The van der Waals surface area contributed by atoms with Gasteiger partial charge in [-0.1, -0.05) is 30.3 Å². The number of ether oxygens (including phenoxy) is 2. The van der Waals surface area contributed by atoms with Crippen molar-refractivity contribution >= 4 is 22.6 Å². The van der Waals surface area contributed by atoms with E-state index in [1.54, 1.807) is 0 Å². The van der Waals surface area contributed by atoms with Gasteiger partial charge in [0, 0.05) is 31.1 Å². The predicted octanol–water partition coefficient (Wildman–Crippen LogP) is 5.42. The smallest absolute Gasteiger partial charge is 0.227 e. The summed E-state index contributed by atoms with van der Waals surface area (Å²) in [7, 11) is 0. The molecule has 1 aliphatic heterocycles. The van der Waals surface area contributed by atoms with E-state index in [2.05, 4.69) is 10.6 Å². The highest BCUT2D eigenvalue weighted by atomic mass is 16.5. The van der Waals surface area contributed by atoms with Gasteiger partial charge in [0.2, 0.25) is 5.91 Å². The van der Waals surface area contributed by atoms with Crippen LogP contribution >= 0.6 is 0 Å². The first-order chi connectivity index (χ1) is 16.7. The van der Waals surface area contributed by atoms with Crippen molar-refractivity contribution < 1.29 is 14.3 Å². The minimum absolute atomic E-state index is 0.0431. The summed E-state index contributed by atoms with van der Waals surface area (Å²) in [6.07, 6.45) is 1.31. The zero-order valence-corrected chi connectivity index (χ0v) is 19.4. The normalized spacial score (nSPS) is 15.7. The van der Waals surface area contributed by atoms with Crippen LogP contribution in [0.2, 0.25) is 0 Å². The lowest BCUT2D eigenvalue weighted by Crippen LogP contribution is -2.24. The molecule has 1 aliphatic rings. The number of aromatic nitrogens is 2. The highest BCUT2D eigenvalue weighted by Crippen LogP contribution is 2.34. The fourth-order valence-corrected chi connectivity index (χ4v) is 4.59. The molecule has 0 aliphatic carbocycles. The van der Waals surface area contributed by atoms with Gasteiger partial charge in [-0.15, -0.1) is 0 Å². The summed E-state index contributed by atoms with van der Waals surface area (Å²) in [6, 6.07) is 25.8. The summed E-state index contributed by atoms with van der Waals surface area (Å²) in [4.78, 5) is 19.8. The maximum atomic E-state index is 13.0. The average molecular weight is 456 g/mol. The van der Waals surface area contributed by atoms with Crippen LogP contribution in [0.3, 0.4) is 0 Å². The molecule has 34 heavy (non-hydrogen) atoms. The summed E-state index contributed by atoms with van der Waals surface area (Å²) < 4.78 is 13.7. The number of rotatable bonds is 9. The molecule has 4 aromatic rings. The zero-order valence-electron chi connectivity index (χ0n) is 19.4. The van der Waals surface area contributed by atoms with Crippen LogP contribution in [0.4, 0.5) is 5.69 Å². The summed E-state index contributed by atoms with van der Waals surface area (Å²) in [5.41, 5.74) is 2.97. The minimum atomic E-state index is 0.0431. The number of aryl methyl sites for hydroxylation is 1. The summed E-state index contributed by atoms with van der Waals surface area (Å²) >= 11 is 0. The number of nitrogens with zero attached hydrogens (tertiary/aromatic N) is 3. The zero-order chi connectivity index (χ0) is 23.3. The van der Waals surface area contributed by atoms with Gasteiger partial charge in [0.25, 0.3) is 0 Å². The second-order valence-electron chi connectivity index (χ2n) is 8.46. The Kier molecular flexibility index (Phi) is 6.47. The van der Waals surface area contributed by atoms with Crippen LogP contribution in [-0.4, -0.2) is 35.2 Å². The molecule has 1 amide bonds. The van der Waals surface area contributed by atoms with Crippen molar-refractivity contribution in [2.75, 3.05) is 24.7 Å². The fourth-order valence-electron chi connectivity index (χ4n) is 4.59. The number of imidazole rings is 1. The molecule has 3 aromatic carbocycles. The van der Waals surface area contributed by atoms with Crippen molar-refractivity contribution in [3.05, 3.63) is 84.7 Å². The van der Waals surface area contributed by atoms with Crippen molar-refractivity contribution in [1.29, 1.82) is 0 Å². The average Bonchev–Trinajstić information content (AvgIpc) is 3.44. The minimum Gasteiger partial charge on any atom is -0.494 e. The van der Waals surface area contributed by atoms with Crippen LogP contribution in [-0.2, 0) is 11.3 Å². The number of anilines is 1. The first-order valence-electron chi connectivity index (χ1n) is 11.9. The Bertz CT molecular complexity index is 1250. The van der Waals surface area contributed by atoms with E-state index in [0.29, 0.717) is 26.2 Å². The number of para-hydroxylation sites is 3. The van der Waals surface area contributed by atoms with Gasteiger partial charge in [-0.2, -0.15) is 0 Å². The van der Waals surface area contributed by atoms with Crippen LogP contribution < -0.4 is 14.4 Å². The van der Waals surface area contributed by atoms with Crippen LogP contribution in [0.15, 0.2) is 78.9 Å².